The second-order valence-electron chi connectivity index (χ2n) is 8.01. The molecule has 2 aliphatic heterocycles. The van der Waals surface area contributed by atoms with E-state index in [-0.39, 0.29) is 0 Å². The molecule has 0 aliphatic carbocycles. The van der Waals surface area contributed by atoms with Gasteiger partial charge in [0.1, 0.15) is 5.76 Å². The molecule has 0 bridgehead atoms. The maximum atomic E-state index is 5.74. The van der Waals surface area contributed by atoms with Crippen molar-refractivity contribution in [1.29, 1.82) is 0 Å². The lowest BCUT2D eigenvalue weighted by Crippen LogP contribution is -2.48. The largest absolute Gasteiger partial charge is 0.444 e. The molecule has 2 fully saturated rings. The lowest BCUT2D eigenvalue weighted by atomic mass is 9.97. The van der Waals surface area contributed by atoms with Crippen LogP contribution in [0.5, 0.6) is 0 Å². The number of rotatable bonds is 6. The average molecular weight is 408 g/mol. The van der Waals surface area contributed by atoms with E-state index < -0.39 is 0 Å². The van der Waals surface area contributed by atoms with Crippen LogP contribution < -0.4 is 5.32 Å². The number of piperidine rings is 1. The Balaban J connectivity index is 1.48. The van der Waals surface area contributed by atoms with Gasteiger partial charge < -0.3 is 14.6 Å². The normalized spacial score (nSPS) is 22.6. The summed E-state index contributed by atoms with van der Waals surface area (Å²) in [6, 6.07) is 0. The number of likely N-dealkylation sites (tertiary alicyclic amines) is 1. The molecule has 1 N–H and O–H groups in total. The van der Waals surface area contributed by atoms with Crippen molar-refractivity contribution in [1.82, 2.24) is 20.1 Å². The highest BCUT2D eigenvalue weighted by atomic mass is 32.2. The molecule has 158 valence electrons. The highest BCUT2D eigenvalue weighted by molar-refractivity contribution is 8.00. The van der Waals surface area contributed by atoms with Crippen molar-refractivity contribution in [3.8, 4) is 0 Å². The predicted molar refractivity (Wildman–Crippen MR) is 118 cm³/mol. The SMILES string of the molecule is CCNC(=NCC1CCN(Cc2nc(C)c(C)o2)CC1)N1CCSC(CC)C1. The fraction of sp³-hybridized carbons (Fsp3) is 0.810. The Bertz CT molecular complexity index is 619. The summed E-state index contributed by atoms with van der Waals surface area (Å²) >= 11 is 2.11. The third-order valence-corrected chi connectivity index (χ3v) is 7.24. The van der Waals surface area contributed by atoms with Crippen molar-refractivity contribution in [2.24, 2.45) is 10.9 Å². The number of aliphatic imine (C=N–C) groups is 1. The third kappa shape index (κ3) is 5.89. The molecule has 1 aromatic heterocycles. The highest BCUT2D eigenvalue weighted by Crippen LogP contribution is 2.22. The summed E-state index contributed by atoms with van der Waals surface area (Å²) in [7, 11) is 0. The molecule has 0 radical (unpaired) electrons. The fourth-order valence-corrected chi connectivity index (χ4v) is 5.11. The van der Waals surface area contributed by atoms with Crippen LogP contribution in [0.15, 0.2) is 9.41 Å². The molecule has 3 rings (SSSR count). The molecule has 0 aromatic carbocycles. The molecular weight excluding hydrogens is 370 g/mol. The zero-order valence-corrected chi connectivity index (χ0v) is 18.9. The van der Waals surface area contributed by atoms with Gasteiger partial charge in [0.2, 0.25) is 5.89 Å². The first-order valence-electron chi connectivity index (χ1n) is 10.9. The summed E-state index contributed by atoms with van der Waals surface area (Å²) in [4.78, 5) is 14.5. The average Bonchev–Trinajstić information content (AvgIpc) is 3.03. The van der Waals surface area contributed by atoms with Gasteiger partial charge in [0, 0.05) is 37.2 Å². The van der Waals surface area contributed by atoms with Crippen molar-refractivity contribution < 1.29 is 4.42 Å². The molecule has 2 aliphatic rings. The monoisotopic (exact) mass is 407 g/mol. The van der Waals surface area contributed by atoms with Crippen LogP contribution in [0, 0.1) is 19.8 Å². The molecule has 0 spiro atoms. The number of aromatic nitrogens is 1. The summed E-state index contributed by atoms with van der Waals surface area (Å²) in [5, 5.41) is 4.26. The van der Waals surface area contributed by atoms with E-state index in [1.165, 1.54) is 25.0 Å². The molecule has 6 nitrogen and oxygen atoms in total. The molecule has 7 heteroatoms. The number of hydrogen-bond donors (Lipinski definition) is 1. The fourth-order valence-electron chi connectivity index (χ4n) is 3.93. The van der Waals surface area contributed by atoms with Crippen LogP contribution in [-0.4, -0.2) is 71.0 Å². The second kappa shape index (κ2) is 10.5. The van der Waals surface area contributed by atoms with Crippen LogP contribution in [0.25, 0.3) is 0 Å². The van der Waals surface area contributed by atoms with Gasteiger partial charge in [-0.1, -0.05) is 6.92 Å². The Morgan fingerprint density at radius 1 is 1.25 bits per heavy atom. The zero-order valence-electron chi connectivity index (χ0n) is 18.0. The van der Waals surface area contributed by atoms with Crippen molar-refractivity contribution in [2.75, 3.05) is 45.0 Å². The van der Waals surface area contributed by atoms with Crippen LogP contribution in [0.1, 0.15) is 50.5 Å². The van der Waals surface area contributed by atoms with E-state index in [4.69, 9.17) is 9.41 Å². The summed E-state index contributed by atoms with van der Waals surface area (Å²) in [5.74, 6) is 4.81. The number of nitrogens with one attached hydrogen (secondary N) is 1. The molecule has 0 amide bonds. The van der Waals surface area contributed by atoms with Gasteiger partial charge in [-0.2, -0.15) is 11.8 Å². The van der Waals surface area contributed by atoms with Crippen molar-refractivity contribution >= 4 is 17.7 Å². The topological polar surface area (TPSA) is 56.9 Å². The van der Waals surface area contributed by atoms with Crippen molar-refractivity contribution in [3.05, 3.63) is 17.3 Å². The zero-order chi connectivity index (χ0) is 19.9. The lowest BCUT2D eigenvalue weighted by Gasteiger charge is -2.35. The van der Waals surface area contributed by atoms with E-state index in [0.717, 1.165) is 74.4 Å². The Morgan fingerprint density at radius 3 is 2.68 bits per heavy atom. The minimum absolute atomic E-state index is 0.680. The standard InChI is InChI=1S/C21H37N5OS/c1-5-19-14-26(11-12-28-19)21(22-6-2)23-13-18-7-9-25(10-8-18)15-20-24-16(3)17(4)27-20/h18-19H,5-15H2,1-4H3,(H,22,23). The summed E-state index contributed by atoms with van der Waals surface area (Å²) in [5.41, 5.74) is 1.01. The van der Waals surface area contributed by atoms with Crippen LogP contribution >= 0.6 is 11.8 Å². The first kappa shape index (κ1) is 21.5. The van der Waals surface area contributed by atoms with Crippen molar-refractivity contribution in [2.45, 2.75) is 58.8 Å². The van der Waals surface area contributed by atoms with Crippen LogP contribution in [0.3, 0.4) is 0 Å². The minimum Gasteiger partial charge on any atom is -0.444 e. The smallest absolute Gasteiger partial charge is 0.208 e. The number of thioether (sulfide) groups is 1. The maximum absolute atomic E-state index is 5.74. The van der Waals surface area contributed by atoms with E-state index in [1.807, 2.05) is 13.8 Å². The first-order chi connectivity index (χ1) is 13.6. The quantitative estimate of drug-likeness (QED) is 0.577. The van der Waals surface area contributed by atoms with Gasteiger partial charge in [-0.05, 0) is 59.0 Å². The number of aryl methyl sites for hydroxylation is 2. The molecule has 1 aromatic rings. The minimum atomic E-state index is 0.680. The molecule has 2 saturated heterocycles. The van der Waals surface area contributed by atoms with Gasteiger partial charge in [-0.3, -0.25) is 9.89 Å². The third-order valence-electron chi connectivity index (χ3n) is 5.87. The number of oxazole rings is 1. The highest BCUT2D eigenvalue weighted by Gasteiger charge is 2.23. The Morgan fingerprint density at radius 2 is 2.04 bits per heavy atom. The number of nitrogens with zero attached hydrogens (tertiary/aromatic N) is 4. The van der Waals surface area contributed by atoms with E-state index >= 15 is 0 Å². The van der Waals surface area contributed by atoms with Crippen LogP contribution in [0.2, 0.25) is 0 Å². The second-order valence-corrected chi connectivity index (χ2v) is 9.42. The molecular formula is C21H37N5OS. The lowest BCUT2D eigenvalue weighted by molar-refractivity contribution is 0.166. The molecule has 0 saturated carbocycles. The number of hydrogen-bond acceptors (Lipinski definition) is 5. The van der Waals surface area contributed by atoms with Gasteiger partial charge in [0.15, 0.2) is 5.96 Å². The molecule has 28 heavy (non-hydrogen) atoms. The van der Waals surface area contributed by atoms with Crippen LogP contribution in [-0.2, 0) is 6.54 Å². The molecule has 1 atom stereocenters. The predicted octanol–water partition coefficient (Wildman–Crippen LogP) is 3.30. The summed E-state index contributed by atoms with van der Waals surface area (Å²) in [6.45, 7) is 15.6. The van der Waals surface area contributed by atoms with Gasteiger partial charge in [0.25, 0.3) is 0 Å². The van der Waals surface area contributed by atoms with E-state index in [0.29, 0.717) is 5.92 Å². The first-order valence-corrected chi connectivity index (χ1v) is 11.9. The van der Waals surface area contributed by atoms with Crippen LogP contribution in [0.4, 0.5) is 0 Å². The van der Waals surface area contributed by atoms with Gasteiger partial charge in [-0.15, -0.1) is 0 Å². The van der Waals surface area contributed by atoms with E-state index in [9.17, 15) is 0 Å². The van der Waals surface area contributed by atoms with Crippen molar-refractivity contribution in [3.63, 3.8) is 0 Å². The van der Waals surface area contributed by atoms with Gasteiger partial charge >= 0.3 is 0 Å². The van der Waals surface area contributed by atoms with E-state index in [2.05, 4.69) is 45.7 Å². The Kier molecular flexibility index (Phi) is 8.09. The van der Waals surface area contributed by atoms with E-state index in [1.54, 1.807) is 0 Å². The molecule has 1 unspecified atom stereocenters. The number of guanidine groups is 1. The Labute approximate surface area is 174 Å². The summed E-state index contributed by atoms with van der Waals surface area (Å²) < 4.78 is 5.74. The van der Waals surface area contributed by atoms with Gasteiger partial charge in [-0.25, -0.2) is 4.98 Å². The Hall–Kier alpha value is -1.21. The summed E-state index contributed by atoms with van der Waals surface area (Å²) in [6.07, 6.45) is 3.65. The van der Waals surface area contributed by atoms with Gasteiger partial charge in [0.05, 0.1) is 12.2 Å². The maximum Gasteiger partial charge on any atom is 0.208 e. The molecule has 3 heterocycles.